The molecule has 0 radical (unpaired) electrons. The van der Waals surface area contributed by atoms with Gasteiger partial charge in [0.1, 0.15) is 17.5 Å². The lowest BCUT2D eigenvalue weighted by atomic mass is 10.0. The van der Waals surface area contributed by atoms with Crippen molar-refractivity contribution in [1.82, 2.24) is 5.32 Å². The Bertz CT molecular complexity index is 665. The number of hydrogen-bond acceptors (Lipinski definition) is 4. The van der Waals surface area contributed by atoms with Gasteiger partial charge in [0.25, 0.3) is 0 Å². The molecule has 24 heavy (non-hydrogen) atoms. The van der Waals surface area contributed by atoms with Crippen molar-refractivity contribution in [2.75, 3.05) is 14.2 Å². The molecule has 6 heteroatoms. The Hall–Kier alpha value is -2.24. The van der Waals surface area contributed by atoms with E-state index in [1.54, 1.807) is 14.2 Å². The average Bonchev–Trinajstić information content (AvgIpc) is 2.61. The SMILES string of the molecule is COc1ccc(OC)c(C(C)NC(=O)C(N)c2ccccc2)c1.Cl. The standard InChI is InChI=1S/C18H22N2O3.ClH/c1-12(15-11-14(22-2)9-10-16(15)23-3)20-18(21)17(19)13-7-5-4-6-8-13;/h4-12,17H,19H2,1-3H3,(H,20,21);1H. The summed E-state index contributed by atoms with van der Waals surface area (Å²) in [5, 5.41) is 2.92. The van der Waals surface area contributed by atoms with Gasteiger partial charge < -0.3 is 20.5 Å². The summed E-state index contributed by atoms with van der Waals surface area (Å²) >= 11 is 0. The molecule has 2 atom stereocenters. The zero-order valence-electron chi connectivity index (χ0n) is 14.0. The summed E-state index contributed by atoms with van der Waals surface area (Å²) in [4.78, 5) is 12.4. The van der Waals surface area contributed by atoms with E-state index in [0.29, 0.717) is 11.5 Å². The minimum absolute atomic E-state index is 0. The van der Waals surface area contributed by atoms with Crippen LogP contribution >= 0.6 is 12.4 Å². The normalized spacial score (nSPS) is 12.5. The number of benzene rings is 2. The van der Waals surface area contributed by atoms with Crippen LogP contribution in [0.25, 0.3) is 0 Å². The van der Waals surface area contributed by atoms with Gasteiger partial charge in [-0.15, -0.1) is 12.4 Å². The molecule has 5 nitrogen and oxygen atoms in total. The molecule has 0 aliphatic heterocycles. The summed E-state index contributed by atoms with van der Waals surface area (Å²) in [5.74, 6) is 1.15. The number of ether oxygens (including phenoxy) is 2. The zero-order valence-corrected chi connectivity index (χ0v) is 14.8. The molecule has 0 aliphatic carbocycles. The van der Waals surface area contributed by atoms with Crippen molar-refractivity contribution in [3.05, 3.63) is 59.7 Å². The maximum absolute atomic E-state index is 12.4. The molecule has 0 aromatic heterocycles. The highest BCUT2D eigenvalue weighted by molar-refractivity contribution is 5.85. The number of nitrogens with two attached hydrogens (primary N) is 1. The van der Waals surface area contributed by atoms with Gasteiger partial charge >= 0.3 is 0 Å². The van der Waals surface area contributed by atoms with Crippen molar-refractivity contribution in [2.24, 2.45) is 5.73 Å². The van der Waals surface area contributed by atoms with Gasteiger partial charge in [-0.2, -0.15) is 0 Å². The van der Waals surface area contributed by atoms with Gasteiger partial charge in [0.15, 0.2) is 0 Å². The quantitative estimate of drug-likeness (QED) is 0.840. The molecule has 2 unspecified atom stereocenters. The lowest BCUT2D eigenvalue weighted by Gasteiger charge is -2.20. The number of rotatable bonds is 6. The van der Waals surface area contributed by atoms with Gasteiger partial charge in [0.05, 0.1) is 20.3 Å². The highest BCUT2D eigenvalue weighted by Crippen LogP contribution is 2.29. The van der Waals surface area contributed by atoms with Crippen LogP contribution in [0.15, 0.2) is 48.5 Å². The lowest BCUT2D eigenvalue weighted by molar-refractivity contribution is -0.123. The molecule has 0 spiro atoms. The fourth-order valence-electron chi connectivity index (χ4n) is 2.37. The second-order valence-corrected chi connectivity index (χ2v) is 5.23. The maximum atomic E-state index is 12.4. The summed E-state index contributed by atoms with van der Waals surface area (Å²) in [5.41, 5.74) is 7.63. The Morgan fingerprint density at radius 2 is 1.75 bits per heavy atom. The number of hydrogen-bond donors (Lipinski definition) is 2. The molecule has 0 saturated carbocycles. The first-order chi connectivity index (χ1) is 11.1. The van der Waals surface area contributed by atoms with Crippen molar-refractivity contribution in [1.29, 1.82) is 0 Å². The van der Waals surface area contributed by atoms with Crippen molar-refractivity contribution >= 4 is 18.3 Å². The molecule has 130 valence electrons. The number of carbonyl (C=O) groups is 1. The van der Waals surface area contributed by atoms with Gasteiger partial charge in [-0.05, 0) is 30.7 Å². The number of halogens is 1. The van der Waals surface area contributed by atoms with E-state index in [1.807, 2.05) is 55.5 Å². The molecule has 3 N–H and O–H groups in total. The Kier molecular flexibility index (Phi) is 7.55. The zero-order chi connectivity index (χ0) is 16.8. The van der Waals surface area contributed by atoms with Crippen LogP contribution in [0.2, 0.25) is 0 Å². The minimum Gasteiger partial charge on any atom is -0.497 e. The third kappa shape index (κ3) is 4.63. The number of carbonyl (C=O) groups excluding carboxylic acids is 1. The van der Waals surface area contributed by atoms with Crippen LogP contribution in [-0.2, 0) is 4.79 Å². The topological polar surface area (TPSA) is 73.6 Å². The molecule has 0 saturated heterocycles. The van der Waals surface area contributed by atoms with Gasteiger partial charge in [-0.25, -0.2) is 0 Å². The van der Waals surface area contributed by atoms with Crippen LogP contribution in [0.3, 0.4) is 0 Å². The first-order valence-corrected chi connectivity index (χ1v) is 7.39. The van der Waals surface area contributed by atoms with E-state index in [9.17, 15) is 4.79 Å². The van der Waals surface area contributed by atoms with Crippen LogP contribution in [0.5, 0.6) is 11.5 Å². The van der Waals surface area contributed by atoms with Crippen molar-refractivity contribution < 1.29 is 14.3 Å². The molecule has 0 aliphatic rings. The van der Waals surface area contributed by atoms with E-state index >= 15 is 0 Å². The van der Waals surface area contributed by atoms with E-state index in [4.69, 9.17) is 15.2 Å². The summed E-state index contributed by atoms with van der Waals surface area (Å²) in [6.07, 6.45) is 0. The highest BCUT2D eigenvalue weighted by Gasteiger charge is 2.20. The van der Waals surface area contributed by atoms with E-state index in [1.165, 1.54) is 0 Å². The molecule has 2 rings (SSSR count). The summed E-state index contributed by atoms with van der Waals surface area (Å²) < 4.78 is 10.6. The Morgan fingerprint density at radius 3 is 2.33 bits per heavy atom. The van der Waals surface area contributed by atoms with E-state index < -0.39 is 6.04 Å². The number of amides is 1. The summed E-state index contributed by atoms with van der Waals surface area (Å²) in [6.45, 7) is 1.88. The predicted molar refractivity (Wildman–Crippen MR) is 96.7 cm³/mol. The van der Waals surface area contributed by atoms with Crippen LogP contribution in [-0.4, -0.2) is 20.1 Å². The Balaban J connectivity index is 0.00000288. The third-order valence-corrected chi connectivity index (χ3v) is 3.70. The number of methoxy groups -OCH3 is 2. The molecule has 2 aromatic carbocycles. The summed E-state index contributed by atoms with van der Waals surface area (Å²) in [6, 6.07) is 13.8. The monoisotopic (exact) mass is 350 g/mol. The second-order valence-electron chi connectivity index (χ2n) is 5.23. The van der Waals surface area contributed by atoms with Gasteiger partial charge in [-0.3, -0.25) is 4.79 Å². The molecule has 1 amide bonds. The van der Waals surface area contributed by atoms with E-state index in [-0.39, 0.29) is 24.4 Å². The van der Waals surface area contributed by atoms with Gasteiger partial charge in [0.2, 0.25) is 5.91 Å². The minimum atomic E-state index is -0.713. The van der Waals surface area contributed by atoms with Crippen LogP contribution in [0.4, 0.5) is 0 Å². The average molecular weight is 351 g/mol. The van der Waals surface area contributed by atoms with E-state index in [2.05, 4.69) is 5.32 Å². The first kappa shape index (κ1) is 19.8. The fraction of sp³-hybridized carbons (Fsp3) is 0.278. The van der Waals surface area contributed by atoms with Crippen molar-refractivity contribution in [3.8, 4) is 11.5 Å². The molecule has 2 aromatic rings. The highest BCUT2D eigenvalue weighted by atomic mass is 35.5. The second kappa shape index (κ2) is 9.15. The molecule has 0 fully saturated rings. The van der Waals surface area contributed by atoms with Crippen LogP contribution < -0.4 is 20.5 Å². The van der Waals surface area contributed by atoms with Gasteiger partial charge in [-0.1, -0.05) is 30.3 Å². The summed E-state index contributed by atoms with van der Waals surface area (Å²) in [7, 11) is 3.19. The van der Waals surface area contributed by atoms with Crippen LogP contribution in [0, 0.1) is 0 Å². The smallest absolute Gasteiger partial charge is 0.241 e. The van der Waals surface area contributed by atoms with Gasteiger partial charge in [0, 0.05) is 5.56 Å². The number of nitrogens with one attached hydrogen (secondary N) is 1. The molecular weight excluding hydrogens is 328 g/mol. The maximum Gasteiger partial charge on any atom is 0.241 e. The van der Waals surface area contributed by atoms with Crippen molar-refractivity contribution in [2.45, 2.75) is 19.0 Å². The largest absolute Gasteiger partial charge is 0.497 e. The van der Waals surface area contributed by atoms with E-state index in [0.717, 1.165) is 11.1 Å². The molecular formula is C18H23ClN2O3. The lowest BCUT2D eigenvalue weighted by Crippen LogP contribution is -2.35. The Labute approximate surface area is 148 Å². The first-order valence-electron chi connectivity index (χ1n) is 7.39. The third-order valence-electron chi connectivity index (χ3n) is 3.70. The molecule has 0 heterocycles. The molecule has 0 bridgehead atoms. The Morgan fingerprint density at radius 1 is 1.08 bits per heavy atom. The predicted octanol–water partition coefficient (Wildman–Crippen LogP) is 3.00. The van der Waals surface area contributed by atoms with Crippen molar-refractivity contribution in [3.63, 3.8) is 0 Å². The van der Waals surface area contributed by atoms with Crippen LogP contribution in [0.1, 0.15) is 30.1 Å². The fourth-order valence-corrected chi connectivity index (χ4v) is 2.37.